The molecule has 1 aromatic rings. The summed E-state index contributed by atoms with van der Waals surface area (Å²) in [4.78, 5) is 36.1. The van der Waals surface area contributed by atoms with Crippen molar-refractivity contribution in [3.63, 3.8) is 0 Å². The topological polar surface area (TPSA) is 92.5 Å². The highest BCUT2D eigenvalue weighted by molar-refractivity contribution is 5.85. The van der Waals surface area contributed by atoms with E-state index in [2.05, 4.69) is 5.10 Å². The number of hydrogen-bond donors (Lipinski definition) is 1. The first-order valence-corrected chi connectivity index (χ1v) is 6.06. The van der Waals surface area contributed by atoms with Gasteiger partial charge in [-0.05, 0) is 6.07 Å². The van der Waals surface area contributed by atoms with Crippen LogP contribution in [-0.4, -0.2) is 50.7 Å². The summed E-state index contributed by atoms with van der Waals surface area (Å²) in [5.74, 6) is -0.359. The van der Waals surface area contributed by atoms with Gasteiger partial charge in [0.05, 0.1) is 6.10 Å². The monoisotopic (exact) mass is 265 g/mol. The highest BCUT2D eigenvalue weighted by Crippen LogP contribution is 2.10. The molecule has 7 heteroatoms. The van der Waals surface area contributed by atoms with Gasteiger partial charge < -0.3 is 10.0 Å². The predicted octanol–water partition coefficient (Wildman–Crippen LogP) is -1.20. The minimum absolute atomic E-state index is 0.0778. The molecule has 102 valence electrons. The first-order chi connectivity index (χ1) is 9.06. The molecular formula is C12H15N3O4. The predicted molar refractivity (Wildman–Crippen MR) is 65.3 cm³/mol. The van der Waals surface area contributed by atoms with Crippen molar-refractivity contribution in [2.45, 2.75) is 25.5 Å². The van der Waals surface area contributed by atoms with Gasteiger partial charge in [0.15, 0.2) is 5.78 Å². The number of Topliss-reactive ketones (excluding diaryl/α,β-unsaturated/α-hetero) is 1. The number of carbonyl (C=O) groups is 2. The Hall–Kier alpha value is -2.02. The van der Waals surface area contributed by atoms with Crippen LogP contribution < -0.4 is 5.56 Å². The zero-order chi connectivity index (χ0) is 13.8. The SMILES string of the molecule is O=C(CCC(=O)N1CC(O)C1)Cn1ncccc1=O. The molecule has 1 aliphatic heterocycles. The van der Waals surface area contributed by atoms with Gasteiger partial charge >= 0.3 is 0 Å². The quantitative estimate of drug-likeness (QED) is 0.721. The smallest absolute Gasteiger partial charge is 0.267 e. The van der Waals surface area contributed by atoms with E-state index in [9.17, 15) is 14.4 Å². The zero-order valence-electron chi connectivity index (χ0n) is 10.4. The normalized spacial score (nSPS) is 15.1. The van der Waals surface area contributed by atoms with Gasteiger partial charge in [0.25, 0.3) is 5.56 Å². The molecule has 1 aromatic heterocycles. The Morgan fingerprint density at radius 1 is 1.37 bits per heavy atom. The second-order valence-electron chi connectivity index (χ2n) is 4.51. The maximum Gasteiger partial charge on any atom is 0.267 e. The van der Waals surface area contributed by atoms with Crippen molar-refractivity contribution >= 4 is 11.7 Å². The van der Waals surface area contributed by atoms with Crippen LogP contribution in [-0.2, 0) is 16.1 Å². The van der Waals surface area contributed by atoms with Gasteiger partial charge in [-0.15, -0.1) is 0 Å². The lowest BCUT2D eigenvalue weighted by Gasteiger charge is -2.35. The van der Waals surface area contributed by atoms with Crippen LogP contribution in [0.4, 0.5) is 0 Å². The van der Waals surface area contributed by atoms with E-state index in [1.807, 2.05) is 0 Å². The Kier molecular flexibility index (Phi) is 4.06. The molecule has 2 rings (SSSR count). The van der Waals surface area contributed by atoms with Crippen LogP contribution in [0.2, 0.25) is 0 Å². The van der Waals surface area contributed by atoms with E-state index in [1.165, 1.54) is 23.2 Å². The number of carbonyl (C=O) groups excluding carboxylic acids is 2. The molecule has 0 bridgehead atoms. The molecule has 1 aliphatic rings. The fraction of sp³-hybridized carbons (Fsp3) is 0.500. The molecule has 1 fully saturated rings. The molecule has 1 N–H and O–H groups in total. The number of ketones is 1. The Labute approximate surface area is 109 Å². The Balaban J connectivity index is 1.77. The summed E-state index contributed by atoms with van der Waals surface area (Å²) >= 11 is 0. The van der Waals surface area contributed by atoms with Crippen molar-refractivity contribution in [1.82, 2.24) is 14.7 Å². The molecule has 0 unspecified atom stereocenters. The molecule has 0 saturated carbocycles. The Morgan fingerprint density at radius 3 is 2.74 bits per heavy atom. The zero-order valence-corrected chi connectivity index (χ0v) is 10.4. The van der Waals surface area contributed by atoms with Gasteiger partial charge in [0.1, 0.15) is 6.54 Å². The van der Waals surface area contributed by atoms with Crippen LogP contribution in [0.25, 0.3) is 0 Å². The minimum atomic E-state index is -0.438. The number of likely N-dealkylation sites (tertiary alicyclic amines) is 1. The van der Waals surface area contributed by atoms with Gasteiger partial charge in [0, 0.05) is 38.2 Å². The lowest BCUT2D eigenvalue weighted by molar-refractivity contribution is -0.142. The van der Waals surface area contributed by atoms with Gasteiger partial charge in [0.2, 0.25) is 5.91 Å². The highest BCUT2D eigenvalue weighted by atomic mass is 16.3. The maximum atomic E-state index is 11.6. The molecule has 0 aromatic carbocycles. The van der Waals surface area contributed by atoms with E-state index in [-0.39, 0.29) is 36.6 Å². The number of rotatable bonds is 5. The van der Waals surface area contributed by atoms with E-state index in [4.69, 9.17) is 5.11 Å². The van der Waals surface area contributed by atoms with Crippen molar-refractivity contribution in [3.8, 4) is 0 Å². The molecule has 0 atom stereocenters. The highest BCUT2D eigenvalue weighted by Gasteiger charge is 2.28. The third kappa shape index (κ3) is 3.47. The summed E-state index contributed by atoms with van der Waals surface area (Å²) in [5.41, 5.74) is -0.340. The molecule has 7 nitrogen and oxygen atoms in total. The number of aliphatic hydroxyl groups is 1. The van der Waals surface area contributed by atoms with E-state index >= 15 is 0 Å². The van der Waals surface area contributed by atoms with Crippen molar-refractivity contribution < 1.29 is 14.7 Å². The second-order valence-corrected chi connectivity index (χ2v) is 4.51. The average molecular weight is 265 g/mol. The number of amides is 1. The number of hydrogen-bond acceptors (Lipinski definition) is 5. The fourth-order valence-corrected chi connectivity index (χ4v) is 1.82. The van der Waals surface area contributed by atoms with Crippen molar-refractivity contribution in [2.24, 2.45) is 0 Å². The lowest BCUT2D eigenvalue weighted by atomic mass is 10.1. The summed E-state index contributed by atoms with van der Waals surface area (Å²) in [6.07, 6.45) is 1.18. The van der Waals surface area contributed by atoms with E-state index < -0.39 is 6.10 Å². The summed E-state index contributed by atoms with van der Waals surface area (Å²) in [7, 11) is 0. The van der Waals surface area contributed by atoms with Crippen molar-refractivity contribution in [2.75, 3.05) is 13.1 Å². The average Bonchev–Trinajstić information content (AvgIpc) is 2.35. The van der Waals surface area contributed by atoms with Crippen LogP contribution in [0.1, 0.15) is 12.8 Å². The number of β-amino-alcohol motifs (C(OH)–C–C–N with tert-alkyl or cyclic N) is 1. The molecule has 1 saturated heterocycles. The largest absolute Gasteiger partial charge is 0.389 e. The summed E-state index contributed by atoms with van der Waals surface area (Å²) < 4.78 is 1.07. The Morgan fingerprint density at radius 2 is 2.11 bits per heavy atom. The second kappa shape index (κ2) is 5.75. The Bertz CT molecular complexity index is 534. The molecule has 2 heterocycles. The summed E-state index contributed by atoms with van der Waals surface area (Å²) in [6, 6.07) is 2.83. The third-order valence-corrected chi connectivity index (χ3v) is 2.94. The van der Waals surface area contributed by atoms with E-state index in [1.54, 1.807) is 0 Å². The van der Waals surface area contributed by atoms with Crippen LogP contribution in [0, 0.1) is 0 Å². The fourth-order valence-electron chi connectivity index (χ4n) is 1.82. The minimum Gasteiger partial charge on any atom is -0.389 e. The van der Waals surface area contributed by atoms with Crippen LogP contribution in [0.15, 0.2) is 23.1 Å². The number of aromatic nitrogens is 2. The standard InChI is InChI=1S/C12H15N3O4/c16-9(8-15-12(19)2-1-5-13-15)3-4-11(18)14-6-10(17)7-14/h1-2,5,10,17H,3-4,6-8H2. The third-order valence-electron chi connectivity index (χ3n) is 2.94. The summed E-state index contributed by atoms with van der Waals surface area (Å²) in [6.45, 7) is 0.565. The first kappa shape index (κ1) is 13.4. The van der Waals surface area contributed by atoms with E-state index in [0.29, 0.717) is 13.1 Å². The van der Waals surface area contributed by atoms with Crippen LogP contribution >= 0.6 is 0 Å². The van der Waals surface area contributed by atoms with E-state index in [0.717, 1.165) is 4.68 Å². The van der Waals surface area contributed by atoms with Crippen molar-refractivity contribution in [1.29, 1.82) is 0 Å². The number of aliphatic hydroxyl groups excluding tert-OH is 1. The molecule has 0 radical (unpaired) electrons. The first-order valence-electron chi connectivity index (χ1n) is 6.06. The van der Waals surface area contributed by atoms with Crippen molar-refractivity contribution in [3.05, 3.63) is 28.7 Å². The number of nitrogens with zero attached hydrogens (tertiary/aromatic N) is 3. The molecule has 0 aliphatic carbocycles. The molecule has 1 amide bonds. The maximum absolute atomic E-state index is 11.6. The molecule has 19 heavy (non-hydrogen) atoms. The lowest BCUT2D eigenvalue weighted by Crippen LogP contribution is -2.53. The molecular weight excluding hydrogens is 250 g/mol. The van der Waals surface area contributed by atoms with Crippen LogP contribution in [0.5, 0.6) is 0 Å². The van der Waals surface area contributed by atoms with Crippen LogP contribution in [0.3, 0.4) is 0 Å². The van der Waals surface area contributed by atoms with Gasteiger partial charge in [-0.3, -0.25) is 14.4 Å². The van der Waals surface area contributed by atoms with Gasteiger partial charge in [-0.25, -0.2) is 4.68 Å². The molecule has 0 spiro atoms. The van der Waals surface area contributed by atoms with Gasteiger partial charge in [-0.1, -0.05) is 0 Å². The van der Waals surface area contributed by atoms with Gasteiger partial charge in [-0.2, -0.15) is 5.10 Å². The summed E-state index contributed by atoms with van der Waals surface area (Å²) in [5, 5.41) is 12.8.